The summed E-state index contributed by atoms with van der Waals surface area (Å²) >= 11 is 6.40. The predicted molar refractivity (Wildman–Crippen MR) is 93.4 cm³/mol. The Bertz CT molecular complexity index is 1070. The highest BCUT2D eigenvalue weighted by Gasteiger charge is 2.12. The van der Waals surface area contributed by atoms with Crippen molar-refractivity contribution in [2.75, 3.05) is 0 Å². The van der Waals surface area contributed by atoms with Crippen LogP contribution in [0, 0.1) is 0 Å². The van der Waals surface area contributed by atoms with Gasteiger partial charge in [-0.2, -0.15) is 9.50 Å². The number of rotatable bonds is 2. The average Bonchev–Trinajstić information content (AvgIpc) is 3.20. The van der Waals surface area contributed by atoms with E-state index in [1.54, 1.807) is 11.3 Å². The van der Waals surface area contributed by atoms with Gasteiger partial charge in [-0.25, -0.2) is 0 Å². The molecule has 3 aromatic heterocycles. The molecular formula is C15H8BrN3OS2. The summed E-state index contributed by atoms with van der Waals surface area (Å²) in [4.78, 5) is 18.5. The minimum absolute atomic E-state index is 0.133. The molecule has 0 N–H and O–H groups in total. The number of thiophene rings is 1. The van der Waals surface area contributed by atoms with Crippen LogP contribution in [-0.4, -0.2) is 14.6 Å². The van der Waals surface area contributed by atoms with Crippen LogP contribution in [0.1, 0.15) is 5.56 Å². The van der Waals surface area contributed by atoms with E-state index in [9.17, 15) is 4.79 Å². The molecule has 7 heteroatoms. The molecule has 22 heavy (non-hydrogen) atoms. The third-order valence-electron chi connectivity index (χ3n) is 3.12. The van der Waals surface area contributed by atoms with Crippen molar-refractivity contribution in [2.45, 2.75) is 0 Å². The minimum atomic E-state index is -0.133. The summed E-state index contributed by atoms with van der Waals surface area (Å²) in [5.74, 6) is 0.603. The first-order valence-electron chi connectivity index (χ1n) is 6.42. The third-order valence-corrected chi connectivity index (χ3v) is 5.66. The van der Waals surface area contributed by atoms with Crippen molar-refractivity contribution >= 4 is 49.6 Å². The summed E-state index contributed by atoms with van der Waals surface area (Å²) in [6.07, 6.45) is 1.86. The quantitative estimate of drug-likeness (QED) is 0.528. The molecule has 0 radical (unpaired) electrons. The van der Waals surface area contributed by atoms with Crippen LogP contribution in [0.5, 0.6) is 0 Å². The van der Waals surface area contributed by atoms with Gasteiger partial charge >= 0.3 is 0 Å². The Labute approximate surface area is 141 Å². The van der Waals surface area contributed by atoms with E-state index >= 15 is 0 Å². The highest BCUT2D eigenvalue weighted by atomic mass is 79.9. The first-order chi connectivity index (χ1) is 10.7. The molecule has 0 unspecified atom stereocenters. The molecule has 0 atom stereocenters. The summed E-state index contributed by atoms with van der Waals surface area (Å²) in [5.41, 5.74) is 0.827. The van der Waals surface area contributed by atoms with Crippen molar-refractivity contribution in [2.24, 2.45) is 0 Å². The van der Waals surface area contributed by atoms with E-state index in [0.29, 0.717) is 15.3 Å². The summed E-state index contributed by atoms with van der Waals surface area (Å²) in [6, 6.07) is 11.7. The number of fused-ring (bicyclic) bond motifs is 1. The predicted octanol–water partition coefficient (Wildman–Crippen LogP) is 3.19. The van der Waals surface area contributed by atoms with Gasteiger partial charge in [0, 0.05) is 4.47 Å². The first-order valence-corrected chi connectivity index (χ1v) is 8.91. The summed E-state index contributed by atoms with van der Waals surface area (Å²) in [5, 5.41) is 6.29. The molecule has 0 amide bonds. The normalized spacial score (nSPS) is 12.3. The zero-order valence-corrected chi connectivity index (χ0v) is 14.3. The summed E-state index contributed by atoms with van der Waals surface area (Å²) in [6.45, 7) is 0. The maximum absolute atomic E-state index is 12.5. The van der Waals surface area contributed by atoms with E-state index in [1.165, 1.54) is 15.9 Å². The third kappa shape index (κ3) is 2.31. The first kappa shape index (κ1) is 13.8. The van der Waals surface area contributed by atoms with Gasteiger partial charge < -0.3 is 0 Å². The highest BCUT2D eigenvalue weighted by Crippen LogP contribution is 2.21. The van der Waals surface area contributed by atoms with E-state index in [1.807, 2.05) is 47.9 Å². The Morgan fingerprint density at radius 2 is 2.05 bits per heavy atom. The standard InChI is InChI=1S/C15H8BrN3OS2/c16-10-5-2-1-4-9(10)8-12-14(20)19-15(22-12)17-13(18-19)11-6-3-7-21-11/h1-8H. The lowest BCUT2D eigenvalue weighted by molar-refractivity contribution is 0.938. The lowest BCUT2D eigenvalue weighted by Crippen LogP contribution is -2.23. The SMILES string of the molecule is O=c1c(=Cc2ccccc2Br)sc2nc(-c3cccs3)nn12. The number of hydrogen-bond acceptors (Lipinski definition) is 5. The lowest BCUT2D eigenvalue weighted by Gasteiger charge is -1.94. The minimum Gasteiger partial charge on any atom is -0.266 e. The van der Waals surface area contributed by atoms with Crippen LogP contribution < -0.4 is 10.1 Å². The van der Waals surface area contributed by atoms with Gasteiger partial charge in [-0.1, -0.05) is 51.5 Å². The molecule has 0 fully saturated rings. The monoisotopic (exact) mass is 389 g/mol. The molecule has 0 aliphatic rings. The summed E-state index contributed by atoms with van der Waals surface area (Å²) < 4.78 is 2.95. The van der Waals surface area contributed by atoms with Gasteiger partial charge in [-0.3, -0.25) is 4.79 Å². The van der Waals surface area contributed by atoms with Crippen molar-refractivity contribution in [1.29, 1.82) is 0 Å². The second-order valence-electron chi connectivity index (χ2n) is 4.54. The molecule has 3 heterocycles. The van der Waals surface area contributed by atoms with Crippen LogP contribution >= 0.6 is 38.6 Å². The fraction of sp³-hybridized carbons (Fsp3) is 0. The van der Waals surface area contributed by atoms with Crippen LogP contribution in [0.4, 0.5) is 0 Å². The molecule has 1 aromatic carbocycles. The van der Waals surface area contributed by atoms with Gasteiger partial charge in [0.1, 0.15) is 0 Å². The van der Waals surface area contributed by atoms with E-state index < -0.39 is 0 Å². The van der Waals surface area contributed by atoms with Gasteiger partial charge in [-0.05, 0) is 29.2 Å². The average molecular weight is 390 g/mol. The van der Waals surface area contributed by atoms with Gasteiger partial charge in [0.2, 0.25) is 4.96 Å². The topological polar surface area (TPSA) is 47.3 Å². The van der Waals surface area contributed by atoms with Crippen LogP contribution in [0.25, 0.3) is 21.7 Å². The van der Waals surface area contributed by atoms with Crippen molar-refractivity contribution in [3.8, 4) is 10.7 Å². The zero-order chi connectivity index (χ0) is 15.1. The largest absolute Gasteiger partial charge is 0.291 e. The fourth-order valence-electron chi connectivity index (χ4n) is 2.08. The number of benzene rings is 1. The molecule has 4 aromatic rings. The molecule has 0 saturated heterocycles. The molecule has 4 rings (SSSR count). The van der Waals surface area contributed by atoms with E-state index in [2.05, 4.69) is 26.0 Å². The molecule has 0 spiro atoms. The Hall–Kier alpha value is -1.83. The van der Waals surface area contributed by atoms with Crippen molar-refractivity contribution in [3.05, 3.63) is 66.7 Å². The Kier molecular flexibility index (Phi) is 3.40. The number of thiazole rings is 1. The Balaban J connectivity index is 1.88. The smallest absolute Gasteiger partial charge is 0.266 e. The second kappa shape index (κ2) is 5.42. The fourth-order valence-corrected chi connectivity index (χ4v) is 4.03. The highest BCUT2D eigenvalue weighted by molar-refractivity contribution is 9.10. The molecule has 0 aliphatic heterocycles. The van der Waals surface area contributed by atoms with Gasteiger partial charge in [-0.15, -0.1) is 16.4 Å². The molecule has 108 valence electrons. The molecule has 4 nitrogen and oxygen atoms in total. The van der Waals surface area contributed by atoms with Gasteiger partial charge in [0.15, 0.2) is 5.82 Å². The second-order valence-corrected chi connectivity index (χ2v) is 7.36. The van der Waals surface area contributed by atoms with E-state index in [0.717, 1.165) is 14.9 Å². The van der Waals surface area contributed by atoms with Gasteiger partial charge in [0.05, 0.1) is 9.41 Å². The van der Waals surface area contributed by atoms with Crippen LogP contribution in [0.15, 0.2) is 51.0 Å². The number of nitrogens with zero attached hydrogens (tertiary/aromatic N) is 3. The number of hydrogen-bond donors (Lipinski definition) is 0. The van der Waals surface area contributed by atoms with Crippen molar-refractivity contribution in [3.63, 3.8) is 0 Å². The molecular weight excluding hydrogens is 382 g/mol. The van der Waals surface area contributed by atoms with Crippen LogP contribution in [-0.2, 0) is 0 Å². The molecule has 0 bridgehead atoms. The van der Waals surface area contributed by atoms with Crippen molar-refractivity contribution < 1.29 is 0 Å². The zero-order valence-electron chi connectivity index (χ0n) is 11.1. The number of aromatic nitrogens is 3. The molecule has 0 saturated carbocycles. The maximum atomic E-state index is 12.5. The van der Waals surface area contributed by atoms with E-state index in [4.69, 9.17) is 0 Å². The van der Waals surface area contributed by atoms with Crippen molar-refractivity contribution in [1.82, 2.24) is 14.6 Å². The summed E-state index contributed by atoms with van der Waals surface area (Å²) in [7, 11) is 0. The lowest BCUT2D eigenvalue weighted by atomic mass is 10.2. The Morgan fingerprint density at radius 1 is 1.18 bits per heavy atom. The van der Waals surface area contributed by atoms with E-state index in [-0.39, 0.29) is 5.56 Å². The number of halogens is 1. The van der Waals surface area contributed by atoms with Gasteiger partial charge in [0.25, 0.3) is 5.56 Å². The molecule has 0 aliphatic carbocycles. The van der Waals surface area contributed by atoms with Crippen LogP contribution in [0.2, 0.25) is 0 Å². The van der Waals surface area contributed by atoms with Crippen LogP contribution in [0.3, 0.4) is 0 Å². The maximum Gasteiger partial charge on any atom is 0.291 e. The Morgan fingerprint density at radius 3 is 2.77 bits per heavy atom.